The van der Waals surface area contributed by atoms with Gasteiger partial charge in [-0.25, -0.2) is 4.79 Å². The Labute approximate surface area is 58.4 Å². The number of nitrogens with one attached hydrogen (secondary N) is 1. The van der Waals surface area contributed by atoms with Crippen molar-refractivity contribution >= 4 is 23.2 Å². The van der Waals surface area contributed by atoms with E-state index in [9.17, 15) is 4.79 Å². The van der Waals surface area contributed by atoms with Crippen molar-refractivity contribution in [3.05, 3.63) is 12.3 Å². The lowest BCUT2D eigenvalue weighted by atomic mass is 10.6. The van der Waals surface area contributed by atoms with Gasteiger partial charge in [0.25, 0.3) is 0 Å². The number of hydrogen-bond donors (Lipinski definition) is 2. The Morgan fingerprint density at radius 2 is 2.33 bits per heavy atom. The summed E-state index contributed by atoms with van der Waals surface area (Å²) in [7, 11) is 0. The summed E-state index contributed by atoms with van der Waals surface area (Å²) in [6, 6.07) is 0. The molecule has 0 aromatic rings. The van der Waals surface area contributed by atoms with Crippen LogP contribution in [0.15, 0.2) is 12.3 Å². The minimum atomic E-state index is -0.987. The maximum absolute atomic E-state index is 9.81. The van der Waals surface area contributed by atoms with Crippen LogP contribution < -0.4 is 5.32 Å². The van der Waals surface area contributed by atoms with Crippen molar-refractivity contribution in [3.63, 3.8) is 0 Å². The minimum Gasteiger partial charge on any atom is -0.478 e. The van der Waals surface area contributed by atoms with Crippen molar-refractivity contribution < 1.29 is 9.90 Å². The Morgan fingerprint density at radius 3 is 2.67 bits per heavy atom. The lowest BCUT2D eigenvalue weighted by Crippen LogP contribution is -2.09. The summed E-state index contributed by atoms with van der Waals surface area (Å²) >= 11 is 4.59. The van der Waals surface area contributed by atoms with Crippen LogP contribution in [-0.2, 0) is 4.79 Å². The Balaban J connectivity index is 3.48. The number of thiocarbonyl (C=S) groups is 1. The largest absolute Gasteiger partial charge is 0.478 e. The first-order valence-corrected chi connectivity index (χ1v) is 2.70. The second-order valence-electron chi connectivity index (χ2n) is 1.37. The van der Waals surface area contributed by atoms with E-state index < -0.39 is 5.97 Å². The predicted octanol–water partition coefficient (Wildman–Crippen LogP) is 0.522. The van der Waals surface area contributed by atoms with Crippen molar-refractivity contribution in [1.82, 2.24) is 5.32 Å². The summed E-state index contributed by atoms with van der Waals surface area (Å²) in [5.41, 5.74) is 0. The molecule has 0 aromatic carbocycles. The second-order valence-corrected chi connectivity index (χ2v) is 1.98. The molecule has 0 atom stereocenters. The van der Waals surface area contributed by atoms with Gasteiger partial charge in [-0.1, -0.05) is 12.2 Å². The molecular formula is C5H7NO2S. The third-order valence-corrected chi connectivity index (χ3v) is 0.630. The summed E-state index contributed by atoms with van der Waals surface area (Å²) in [6.07, 6.45) is 2.26. The van der Waals surface area contributed by atoms with Crippen molar-refractivity contribution in [2.45, 2.75) is 6.92 Å². The number of carbonyl (C=O) groups is 1. The number of hydrogen-bond acceptors (Lipinski definition) is 2. The quantitative estimate of drug-likeness (QED) is 0.439. The van der Waals surface area contributed by atoms with Crippen LogP contribution in [0.2, 0.25) is 0 Å². The average molecular weight is 145 g/mol. The zero-order chi connectivity index (χ0) is 7.28. The number of carboxylic acid groups (broad SMARTS) is 1. The molecule has 0 spiro atoms. The first-order valence-electron chi connectivity index (χ1n) is 2.29. The number of carboxylic acids is 1. The Morgan fingerprint density at radius 1 is 1.78 bits per heavy atom. The molecule has 0 unspecified atom stereocenters. The molecule has 50 valence electrons. The molecule has 4 heteroatoms. The molecule has 0 bridgehead atoms. The van der Waals surface area contributed by atoms with Gasteiger partial charge in [0.15, 0.2) is 0 Å². The van der Waals surface area contributed by atoms with Crippen molar-refractivity contribution in [2.75, 3.05) is 0 Å². The van der Waals surface area contributed by atoms with E-state index in [0.29, 0.717) is 4.99 Å². The molecule has 0 aliphatic heterocycles. The maximum atomic E-state index is 9.81. The first kappa shape index (κ1) is 8.10. The fourth-order valence-electron chi connectivity index (χ4n) is 0.230. The van der Waals surface area contributed by atoms with Crippen LogP contribution in [0.5, 0.6) is 0 Å². The van der Waals surface area contributed by atoms with Crippen LogP contribution in [-0.4, -0.2) is 16.1 Å². The third kappa shape index (κ3) is 7.10. The molecule has 2 N–H and O–H groups in total. The SMILES string of the molecule is CC(=S)NC=CC(=O)O. The van der Waals surface area contributed by atoms with Gasteiger partial charge in [-0.2, -0.15) is 0 Å². The standard InChI is InChI=1S/C5H7NO2S/c1-4(9)6-3-2-5(7)8/h2-3H,1H3,(H,6,9)(H,7,8). The molecule has 9 heavy (non-hydrogen) atoms. The molecule has 0 fully saturated rings. The first-order chi connectivity index (χ1) is 4.13. The molecular weight excluding hydrogens is 138 g/mol. The van der Waals surface area contributed by atoms with Gasteiger partial charge >= 0.3 is 5.97 Å². The van der Waals surface area contributed by atoms with Crippen LogP contribution in [0.25, 0.3) is 0 Å². The predicted molar refractivity (Wildman–Crippen MR) is 38.2 cm³/mol. The fourth-order valence-corrected chi connectivity index (χ4v) is 0.298. The molecule has 3 nitrogen and oxygen atoms in total. The highest BCUT2D eigenvalue weighted by atomic mass is 32.1. The Hall–Kier alpha value is -0.900. The van der Waals surface area contributed by atoms with Gasteiger partial charge in [-0.15, -0.1) is 0 Å². The average Bonchev–Trinajstić information content (AvgIpc) is 1.63. The minimum absolute atomic E-state index is 0.549. The van der Waals surface area contributed by atoms with Crippen LogP contribution >= 0.6 is 12.2 Å². The smallest absolute Gasteiger partial charge is 0.329 e. The fraction of sp³-hybridized carbons (Fsp3) is 0.200. The van der Waals surface area contributed by atoms with E-state index in [1.165, 1.54) is 6.20 Å². The molecule has 0 amide bonds. The van der Waals surface area contributed by atoms with Gasteiger partial charge in [0.05, 0.1) is 4.99 Å². The molecule has 0 radical (unpaired) electrons. The van der Waals surface area contributed by atoms with Crippen molar-refractivity contribution in [3.8, 4) is 0 Å². The van der Waals surface area contributed by atoms with E-state index in [1.807, 2.05) is 0 Å². The highest BCUT2D eigenvalue weighted by Gasteiger charge is 1.82. The highest BCUT2D eigenvalue weighted by Crippen LogP contribution is 1.70. The van der Waals surface area contributed by atoms with E-state index in [2.05, 4.69) is 17.5 Å². The van der Waals surface area contributed by atoms with Gasteiger partial charge in [0.2, 0.25) is 0 Å². The zero-order valence-corrected chi connectivity index (χ0v) is 5.73. The normalized spacial score (nSPS) is 9.44. The lowest BCUT2D eigenvalue weighted by molar-refractivity contribution is -0.131. The summed E-state index contributed by atoms with van der Waals surface area (Å²) in [6.45, 7) is 1.67. The highest BCUT2D eigenvalue weighted by molar-refractivity contribution is 7.80. The van der Waals surface area contributed by atoms with Crippen molar-refractivity contribution in [1.29, 1.82) is 0 Å². The Bertz CT molecular complexity index is 153. The van der Waals surface area contributed by atoms with E-state index >= 15 is 0 Å². The number of aliphatic carboxylic acids is 1. The van der Waals surface area contributed by atoms with Crippen LogP contribution in [0.1, 0.15) is 6.92 Å². The van der Waals surface area contributed by atoms with Gasteiger partial charge < -0.3 is 10.4 Å². The molecule has 0 aliphatic rings. The van der Waals surface area contributed by atoms with Crippen LogP contribution in [0.3, 0.4) is 0 Å². The summed E-state index contributed by atoms with van der Waals surface area (Å²) in [5, 5.41) is 10.6. The molecule has 0 saturated carbocycles. The number of rotatable bonds is 2. The van der Waals surface area contributed by atoms with Crippen LogP contribution in [0.4, 0.5) is 0 Å². The molecule has 0 aromatic heterocycles. The monoisotopic (exact) mass is 145 g/mol. The van der Waals surface area contributed by atoms with E-state index in [-0.39, 0.29) is 0 Å². The van der Waals surface area contributed by atoms with Crippen LogP contribution in [0, 0.1) is 0 Å². The van der Waals surface area contributed by atoms with E-state index in [4.69, 9.17) is 5.11 Å². The van der Waals surface area contributed by atoms with Gasteiger partial charge in [0.1, 0.15) is 0 Å². The van der Waals surface area contributed by atoms with Crippen molar-refractivity contribution in [2.24, 2.45) is 0 Å². The zero-order valence-electron chi connectivity index (χ0n) is 4.92. The molecule has 0 heterocycles. The third-order valence-electron chi connectivity index (χ3n) is 0.513. The summed E-state index contributed by atoms with van der Waals surface area (Å²) in [4.78, 5) is 10.4. The van der Waals surface area contributed by atoms with Gasteiger partial charge in [0, 0.05) is 12.3 Å². The van der Waals surface area contributed by atoms with E-state index in [0.717, 1.165) is 6.08 Å². The van der Waals surface area contributed by atoms with E-state index in [1.54, 1.807) is 6.92 Å². The Kier molecular flexibility index (Phi) is 3.62. The summed E-state index contributed by atoms with van der Waals surface area (Å²) < 4.78 is 0. The molecule has 0 aliphatic carbocycles. The topological polar surface area (TPSA) is 49.3 Å². The summed E-state index contributed by atoms with van der Waals surface area (Å²) in [5.74, 6) is -0.987. The lowest BCUT2D eigenvalue weighted by Gasteiger charge is -1.90. The second kappa shape index (κ2) is 4.03. The molecule has 0 rings (SSSR count). The van der Waals surface area contributed by atoms with Gasteiger partial charge in [-0.05, 0) is 6.92 Å². The molecule has 0 saturated heterocycles. The van der Waals surface area contributed by atoms with Gasteiger partial charge in [-0.3, -0.25) is 0 Å². The maximum Gasteiger partial charge on any atom is 0.329 e.